The van der Waals surface area contributed by atoms with E-state index in [9.17, 15) is 14.4 Å². The fourth-order valence-corrected chi connectivity index (χ4v) is 2.74. The first-order valence-electron chi connectivity index (χ1n) is 9.28. The molecule has 1 aromatic heterocycles. The molecule has 0 radical (unpaired) electrons. The average Bonchev–Trinajstić information content (AvgIpc) is 2.72. The first kappa shape index (κ1) is 20.1. The molecule has 3 rings (SSSR count). The van der Waals surface area contributed by atoms with Crippen molar-refractivity contribution in [1.29, 1.82) is 0 Å². The number of ether oxygens (including phenoxy) is 2. The summed E-state index contributed by atoms with van der Waals surface area (Å²) in [5.41, 5.74) is 0.660. The summed E-state index contributed by atoms with van der Waals surface area (Å²) in [6.07, 6.45) is 0.349. The number of amides is 1. The molecule has 0 fully saturated rings. The second-order valence-corrected chi connectivity index (χ2v) is 6.42. The fourth-order valence-electron chi connectivity index (χ4n) is 2.74. The topological polar surface area (TPSA) is 94.8 Å². The number of fused-ring (bicyclic) bond motifs is 1. The monoisotopic (exact) mass is 395 g/mol. The van der Waals surface area contributed by atoms with Crippen LogP contribution in [0.4, 0.5) is 4.79 Å². The average molecular weight is 395 g/mol. The zero-order valence-corrected chi connectivity index (χ0v) is 15.9. The molecule has 1 heterocycles. The zero-order valence-electron chi connectivity index (χ0n) is 15.9. The number of hydrogen-bond donors (Lipinski definition) is 1. The predicted molar refractivity (Wildman–Crippen MR) is 107 cm³/mol. The van der Waals surface area contributed by atoms with E-state index in [0.29, 0.717) is 23.8 Å². The smallest absolute Gasteiger partial charge is 0.408 e. The summed E-state index contributed by atoms with van der Waals surface area (Å²) < 4.78 is 15.6. The van der Waals surface area contributed by atoms with Crippen molar-refractivity contribution >= 4 is 23.0 Å². The van der Waals surface area contributed by atoms with Gasteiger partial charge in [0.05, 0.1) is 0 Å². The van der Waals surface area contributed by atoms with Gasteiger partial charge >= 0.3 is 17.7 Å². The lowest BCUT2D eigenvalue weighted by Gasteiger charge is -2.17. The highest BCUT2D eigenvalue weighted by molar-refractivity contribution is 5.84. The van der Waals surface area contributed by atoms with E-state index in [1.54, 1.807) is 18.2 Å². The van der Waals surface area contributed by atoms with Crippen LogP contribution in [0.2, 0.25) is 0 Å². The van der Waals surface area contributed by atoms with Crippen molar-refractivity contribution in [2.45, 2.75) is 32.4 Å². The standard InChI is InChI=1S/C22H21NO6/c1-2-6-18(23-22(26)27-14-15-7-4-3-5-8-15)21(25)28-17-11-9-16-10-12-20(24)29-19(16)13-17/h3-5,7-13,18H,2,6,14H2,1H3,(H,23,26). The van der Waals surface area contributed by atoms with Crippen molar-refractivity contribution in [1.82, 2.24) is 5.32 Å². The summed E-state index contributed by atoms with van der Waals surface area (Å²) in [5.74, 6) is -0.404. The van der Waals surface area contributed by atoms with Crippen LogP contribution in [-0.2, 0) is 16.1 Å². The Morgan fingerprint density at radius 3 is 2.59 bits per heavy atom. The molecule has 1 unspecified atom stereocenters. The molecule has 0 aliphatic rings. The number of alkyl carbamates (subject to hydrolysis) is 1. The summed E-state index contributed by atoms with van der Waals surface area (Å²) in [6.45, 7) is 1.99. The lowest BCUT2D eigenvalue weighted by molar-refractivity contribution is -0.136. The van der Waals surface area contributed by atoms with Crippen LogP contribution < -0.4 is 15.7 Å². The third-order valence-corrected chi connectivity index (χ3v) is 4.18. The largest absolute Gasteiger partial charge is 0.445 e. The van der Waals surface area contributed by atoms with Gasteiger partial charge in [-0.25, -0.2) is 14.4 Å². The zero-order chi connectivity index (χ0) is 20.6. The Labute approximate surface area is 167 Å². The molecule has 0 spiro atoms. The molecule has 0 aliphatic heterocycles. The van der Waals surface area contributed by atoms with Crippen molar-refractivity contribution in [3.63, 3.8) is 0 Å². The molecule has 29 heavy (non-hydrogen) atoms. The van der Waals surface area contributed by atoms with Crippen molar-refractivity contribution in [3.05, 3.63) is 76.6 Å². The van der Waals surface area contributed by atoms with Crippen LogP contribution in [0.15, 0.2) is 69.9 Å². The second kappa shape index (κ2) is 9.54. The first-order chi connectivity index (χ1) is 14.0. The van der Waals surface area contributed by atoms with Gasteiger partial charge in [0.15, 0.2) is 0 Å². The number of nitrogens with one attached hydrogen (secondary N) is 1. The molecule has 0 saturated carbocycles. The Bertz CT molecular complexity index is 1040. The molecule has 7 nitrogen and oxygen atoms in total. The predicted octanol–water partition coefficient (Wildman–Crippen LogP) is 3.79. The van der Waals surface area contributed by atoms with Crippen molar-refractivity contribution in [3.8, 4) is 5.75 Å². The van der Waals surface area contributed by atoms with Crippen LogP contribution in [0.3, 0.4) is 0 Å². The van der Waals surface area contributed by atoms with Crippen LogP contribution in [0.25, 0.3) is 11.0 Å². The lowest BCUT2D eigenvalue weighted by Crippen LogP contribution is -2.43. The summed E-state index contributed by atoms with van der Waals surface area (Å²) in [7, 11) is 0. The number of hydrogen-bond acceptors (Lipinski definition) is 6. The molecular weight excluding hydrogens is 374 g/mol. The Kier molecular flexibility index (Phi) is 6.63. The molecule has 7 heteroatoms. The molecule has 0 aliphatic carbocycles. The molecule has 0 saturated heterocycles. The van der Waals surface area contributed by atoms with Crippen molar-refractivity contribution < 1.29 is 23.5 Å². The minimum atomic E-state index is -0.859. The molecular formula is C22H21NO6. The highest BCUT2D eigenvalue weighted by Gasteiger charge is 2.23. The first-order valence-corrected chi connectivity index (χ1v) is 9.28. The maximum Gasteiger partial charge on any atom is 0.408 e. The fraction of sp³-hybridized carbons (Fsp3) is 0.227. The molecule has 150 valence electrons. The number of carbonyl (C=O) groups is 2. The number of esters is 1. The SMILES string of the molecule is CCCC(NC(=O)OCc1ccccc1)C(=O)Oc1ccc2ccc(=O)oc2c1. The van der Waals surface area contributed by atoms with E-state index in [4.69, 9.17) is 13.9 Å². The highest BCUT2D eigenvalue weighted by atomic mass is 16.6. The van der Waals surface area contributed by atoms with Gasteiger partial charge in [-0.1, -0.05) is 43.7 Å². The van der Waals surface area contributed by atoms with Crippen LogP contribution in [0, 0.1) is 0 Å². The minimum absolute atomic E-state index is 0.101. The molecule has 1 amide bonds. The van der Waals surface area contributed by atoms with Gasteiger partial charge in [-0.2, -0.15) is 0 Å². The third kappa shape index (κ3) is 5.68. The van der Waals surface area contributed by atoms with Gasteiger partial charge in [-0.05, 0) is 30.2 Å². The van der Waals surface area contributed by atoms with E-state index in [2.05, 4.69) is 5.32 Å². The summed E-state index contributed by atoms with van der Waals surface area (Å²) in [5, 5.41) is 3.25. The van der Waals surface area contributed by atoms with E-state index < -0.39 is 23.7 Å². The Morgan fingerprint density at radius 1 is 1.07 bits per heavy atom. The summed E-state index contributed by atoms with van der Waals surface area (Å²) in [6, 6.07) is 16.1. The number of rotatable bonds is 7. The van der Waals surface area contributed by atoms with E-state index in [1.165, 1.54) is 12.1 Å². The van der Waals surface area contributed by atoms with E-state index in [0.717, 1.165) is 5.56 Å². The lowest BCUT2D eigenvalue weighted by atomic mass is 10.1. The summed E-state index contributed by atoms with van der Waals surface area (Å²) >= 11 is 0. The Morgan fingerprint density at radius 2 is 1.83 bits per heavy atom. The van der Waals surface area contributed by atoms with E-state index in [-0.39, 0.29) is 12.4 Å². The molecule has 1 N–H and O–H groups in total. The van der Waals surface area contributed by atoms with Crippen LogP contribution in [-0.4, -0.2) is 18.1 Å². The van der Waals surface area contributed by atoms with Crippen LogP contribution in [0.1, 0.15) is 25.3 Å². The van der Waals surface area contributed by atoms with Gasteiger partial charge < -0.3 is 19.2 Å². The van der Waals surface area contributed by atoms with Gasteiger partial charge in [0.25, 0.3) is 0 Å². The third-order valence-electron chi connectivity index (χ3n) is 4.18. The van der Waals surface area contributed by atoms with Crippen molar-refractivity contribution in [2.24, 2.45) is 0 Å². The second-order valence-electron chi connectivity index (χ2n) is 6.42. The maximum absolute atomic E-state index is 12.5. The molecule has 2 aromatic carbocycles. The maximum atomic E-state index is 12.5. The van der Waals surface area contributed by atoms with E-state index >= 15 is 0 Å². The molecule has 3 aromatic rings. The van der Waals surface area contributed by atoms with Gasteiger partial charge in [0.1, 0.15) is 24.0 Å². The highest BCUT2D eigenvalue weighted by Crippen LogP contribution is 2.20. The quantitative estimate of drug-likeness (QED) is 0.372. The summed E-state index contributed by atoms with van der Waals surface area (Å²) in [4.78, 5) is 36.0. The van der Waals surface area contributed by atoms with Crippen LogP contribution >= 0.6 is 0 Å². The number of carbonyl (C=O) groups excluding carboxylic acids is 2. The van der Waals surface area contributed by atoms with Gasteiger partial charge in [0, 0.05) is 17.5 Å². The molecule has 1 atom stereocenters. The Hall–Kier alpha value is -3.61. The van der Waals surface area contributed by atoms with Gasteiger partial charge in [0.2, 0.25) is 0 Å². The van der Waals surface area contributed by atoms with Gasteiger partial charge in [-0.15, -0.1) is 0 Å². The van der Waals surface area contributed by atoms with Crippen molar-refractivity contribution in [2.75, 3.05) is 0 Å². The van der Waals surface area contributed by atoms with Gasteiger partial charge in [-0.3, -0.25) is 0 Å². The molecule has 0 bridgehead atoms. The normalized spacial score (nSPS) is 11.6. The number of benzene rings is 2. The minimum Gasteiger partial charge on any atom is -0.445 e. The van der Waals surface area contributed by atoms with E-state index in [1.807, 2.05) is 37.3 Å². The van der Waals surface area contributed by atoms with Crippen LogP contribution in [0.5, 0.6) is 5.75 Å². The Balaban J connectivity index is 1.62.